The van der Waals surface area contributed by atoms with E-state index < -0.39 is 7.12 Å². The number of rotatable bonds is 4. The Morgan fingerprint density at radius 3 is 2.60 bits per heavy atom. The van der Waals surface area contributed by atoms with Crippen LogP contribution in [0.2, 0.25) is 0 Å². The van der Waals surface area contributed by atoms with Gasteiger partial charge in [0.25, 0.3) is 0 Å². The van der Waals surface area contributed by atoms with Gasteiger partial charge in [0.2, 0.25) is 0 Å². The van der Waals surface area contributed by atoms with Crippen molar-refractivity contribution in [2.45, 2.75) is 25.4 Å². The van der Waals surface area contributed by atoms with Gasteiger partial charge < -0.3 is 10.0 Å². The summed E-state index contributed by atoms with van der Waals surface area (Å²) < 4.78 is 0. The average Bonchev–Trinajstić information content (AvgIpc) is 3.01. The van der Waals surface area contributed by atoms with E-state index in [4.69, 9.17) is 0 Å². The van der Waals surface area contributed by atoms with Crippen LogP contribution >= 0.6 is 0 Å². The summed E-state index contributed by atoms with van der Waals surface area (Å²) in [4.78, 5) is 2.27. The van der Waals surface area contributed by atoms with Crippen LogP contribution in [-0.2, 0) is 6.54 Å². The molecule has 1 aliphatic rings. The standard InChI is InChI=1S/C11H16BNO2/c1-13(10-6-7-10)8-9-4-2-3-5-11(9)12(14)15/h2-5,10,14-15H,6-8H2,1H3. The number of benzene rings is 1. The molecule has 80 valence electrons. The second-order valence-electron chi connectivity index (χ2n) is 4.22. The highest BCUT2D eigenvalue weighted by Crippen LogP contribution is 2.26. The van der Waals surface area contributed by atoms with Gasteiger partial charge >= 0.3 is 7.12 Å². The minimum absolute atomic E-state index is 0.616. The third-order valence-electron chi connectivity index (χ3n) is 2.92. The molecule has 0 unspecified atom stereocenters. The third kappa shape index (κ3) is 2.59. The fourth-order valence-electron chi connectivity index (χ4n) is 1.84. The van der Waals surface area contributed by atoms with Gasteiger partial charge in [0, 0.05) is 12.6 Å². The molecule has 4 heteroatoms. The third-order valence-corrected chi connectivity index (χ3v) is 2.92. The minimum atomic E-state index is -1.37. The summed E-state index contributed by atoms with van der Waals surface area (Å²) in [6.45, 7) is 0.790. The highest BCUT2D eigenvalue weighted by atomic mass is 16.4. The van der Waals surface area contributed by atoms with Gasteiger partial charge in [-0.05, 0) is 30.9 Å². The van der Waals surface area contributed by atoms with Crippen molar-refractivity contribution in [1.82, 2.24) is 4.90 Å². The van der Waals surface area contributed by atoms with E-state index in [1.165, 1.54) is 12.8 Å². The van der Waals surface area contributed by atoms with Crippen molar-refractivity contribution in [3.05, 3.63) is 29.8 Å². The van der Waals surface area contributed by atoms with Crippen LogP contribution in [0.5, 0.6) is 0 Å². The summed E-state index contributed by atoms with van der Waals surface area (Å²) in [5, 5.41) is 18.4. The van der Waals surface area contributed by atoms with Crippen LogP contribution in [0.3, 0.4) is 0 Å². The summed E-state index contributed by atoms with van der Waals surface area (Å²) in [6.07, 6.45) is 2.53. The zero-order valence-electron chi connectivity index (χ0n) is 8.93. The molecular formula is C11H16BNO2. The maximum Gasteiger partial charge on any atom is 0.488 e. The fraction of sp³-hybridized carbons (Fsp3) is 0.455. The fourth-order valence-corrected chi connectivity index (χ4v) is 1.84. The Morgan fingerprint density at radius 1 is 1.33 bits per heavy atom. The van der Waals surface area contributed by atoms with E-state index in [0.717, 1.165) is 12.1 Å². The second kappa shape index (κ2) is 4.35. The van der Waals surface area contributed by atoms with Crippen LogP contribution in [0, 0.1) is 0 Å². The van der Waals surface area contributed by atoms with Crippen LogP contribution in [0.25, 0.3) is 0 Å². The molecule has 1 aromatic carbocycles. The molecule has 2 rings (SSSR count). The predicted molar refractivity (Wildman–Crippen MR) is 60.8 cm³/mol. The Balaban J connectivity index is 2.11. The number of nitrogens with zero attached hydrogens (tertiary/aromatic N) is 1. The zero-order valence-corrected chi connectivity index (χ0v) is 8.93. The van der Waals surface area contributed by atoms with Crippen LogP contribution in [-0.4, -0.2) is 35.2 Å². The first-order valence-corrected chi connectivity index (χ1v) is 5.32. The molecule has 0 spiro atoms. The van der Waals surface area contributed by atoms with Gasteiger partial charge in [-0.1, -0.05) is 24.3 Å². The molecule has 0 radical (unpaired) electrons. The lowest BCUT2D eigenvalue weighted by Crippen LogP contribution is -2.35. The lowest BCUT2D eigenvalue weighted by Gasteiger charge is -2.17. The van der Waals surface area contributed by atoms with Crippen molar-refractivity contribution >= 4 is 12.6 Å². The molecule has 0 aromatic heterocycles. The molecule has 0 amide bonds. The van der Waals surface area contributed by atoms with Crippen molar-refractivity contribution in [3.8, 4) is 0 Å². The number of hydrogen-bond donors (Lipinski definition) is 2. The van der Waals surface area contributed by atoms with Gasteiger partial charge in [0.15, 0.2) is 0 Å². The van der Waals surface area contributed by atoms with E-state index in [2.05, 4.69) is 11.9 Å². The largest absolute Gasteiger partial charge is 0.488 e. The smallest absolute Gasteiger partial charge is 0.423 e. The Hall–Kier alpha value is -0.835. The van der Waals surface area contributed by atoms with E-state index in [1.54, 1.807) is 6.07 Å². The quantitative estimate of drug-likeness (QED) is 0.678. The van der Waals surface area contributed by atoms with E-state index in [1.807, 2.05) is 18.2 Å². The SMILES string of the molecule is CN(Cc1ccccc1B(O)O)C1CC1. The van der Waals surface area contributed by atoms with Crippen molar-refractivity contribution in [2.24, 2.45) is 0 Å². The summed E-state index contributed by atoms with van der Waals surface area (Å²) in [5.41, 5.74) is 1.62. The zero-order chi connectivity index (χ0) is 10.8. The first-order valence-electron chi connectivity index (χ1n) is 5.32. The molecule has 1 aromatic rings. The maximum absolute atomic E-state index is 9.21. The van der Waals surface area contributed by atoms with Crippen LogP contribution in [0.4, 0.5) is 0 Å². The maximum atomic E-state index is 9.21. The Labute approximate surface area is 90.5 Å². The molecule has 15 heavy (non-hydrogen) atoms. The van der Waals surface area contributed by atoms with E-state index in [0.29, 0.717) is 11.5 Å². The topological polar surface area (TPSA) is 43.7 Å². The average molecular weight is 205 g/mol. The van der Waals surface area contributed by atoms with Gasteiger partial charge in [-0.25, -0.2) is 0 Å². The van der Waals surface area contributed by atoms with Crippen LogP contribution < -0.4 is 5.46 Å². The molecule has 1 fully saturated rings. The summed E-state index contributed by atoms with van der Waals surface area (Å²) in [5.74, 6) is 0. The van der Waals surface area contributed by atoms with Gasteiger partial charge in [-0.15, -0.1) is 0 Å². The first-order chi connectivity index (χ1) is 7.18. The molecule has 2 N–H and O–H groups in total. The molecule has 0 bridgehead atoms. The normalized spacial score (nSPS) is 15.7. The molecular weight excluding hydrogens is 189 g/mol. The van der Waals surface area contributed by atoms with Crippen molar-refractivity contribution < 1.29 is 10.0 Å². The molecule has 0 aliphatic heterocycles. The monoisotopic (exact) mass is 205 g/mol. The van der Waals surface area contributed by atoms with Crippen molar-refractivity contribution in [2.75, 3.05) is 7.05 Å². The Kier molecular flexibility index (Phi) is 3.10. The van der Waals surface area contributed by atoms with Crippen molar-refractivity contribution in [3.63, 3.8) is 0 Å². The molecule has 1 saturated carbocycles. The Morgan fingerprint density at radius 2 is 2.00 bits per heavy atom. The first kappa shape index (κ1) is 10.7. The summed E-state index contributed by atoms with van der Waals surface area (Å²) in [7, 11) is 0.715. The summed E-state index contributed by atoms with van der Waals surface area (Å²) in [6, 6.07) is 8.17. The molecule has 1 aliphatic carbocycles. The van der Waals surface area contributed by atoms with Crippen LogP contribution in [0.15, 0.2) is 24.3 Å². The minimum Gasteiger partial charge on any atom is -0.423 e. The van der Waals surface area contributed by atoms with Gasteiger partial charge in [-0.3, -0.25) is 4.90 Å². The second-order valence-corrected chi connectivity index (χ2v) is 4.22. The van der Waals surface area contributed by atoms with E-state index in [-0.39, 0.29) is 0 Å². The predicted octanol–water partition coefficient (Wildman–Crippen LogP) is -0.0394. The lowest BCUT2D eigenvalue weighted by atomic mass is 9.77. The lowest BCUT2D eigenvalue weighted by molar-refractivity contribution is 0.316. The molecule has 0 saturated heterocycles. The van der Waals surface area contributed by atoms with E-state index >= 15 is 0 Å². The molecule has 0 heterocycles. The molecule has 3 nitrogen and oxygen atoms in total. The van der Waals surface area contributed by atoms with E-state index in [9.17, 15) is 10.0 Å². The van der Waals surface area contributed by atoms with Gasteiger partial charge in [0.05, 0.1) is 0 Å². The van der Waals surface area contributed by atoms with Gasteiger partial charge in [0.1, 0.15) is 0 Å². The summed E-state index contributed by atoms with van der Waals surface area (Å²) >= 11 is 0. The molecule has 0 atom stereocenters. The van der Waals surface area contributed by atoms with Crippen LogP contribution in [0.1, 0.15) is 18.4 Å². The van der Waals surface area contributed by atoms with Gasteiger partial charge in [-0.2, -0.15) is 0 Å². The van der Waals surface area contributed by atoms with Crippen molar-refractivity contribution in [1.29, 1.82) is 0 Å². The Bertz CT molecular complexity index is 339. The number of hydrogen-bond acceptors (Lipinski definition) is 3. The highest BCUT2D eigenvalue weighted by molar-refractivity contribution is 6.59. The highest BCUT2D eigenvalue weighted by Gasteiger charge is 2.27.